The van der Waals surface area contributed by atoms with Crippen LogP contribution < -0.4 is 10.5 Å². The first-order valence-electron chi connectivity index (χ1n) is 7.69. The summed E-state index contributed by atoms with van der Waals surface area (Å²) in [6.45, 7) is 1.82. The summed E-state index contributed by atoms with van der Waals surface area (Å²) in [6, 6.07) is 5.31. The van der Waals surface area contributed by atoms with Gasteiger partial charge in [-0.05, 0) is 43.9 Å². The minimum atomic E-state index is 0. The van der Waals surface area contributed by atoms with E-state index in [2.05, 4.69) is 0 Å². The molecule has 1 fully saturated rings. The van der Waals surface area contributed by atoms with Crippen molar-refractivity contribution in [3.8, 4) is 5.75 Å². The fourth-order valence-electron chi connectivity index (χ4n) is 2.72. The molecular formula is C16H23Cl3N2O2. The lowest BCUT2D eigenvalue weighted by molar-refractivity contribution is -0.134. The molecule has 23 heavy (non-hydrogen) atoms. The maximum absolute atomic E-state index is 12.3. The molecule has 0 radical (unpaired) electrons. The van der Waals surface area contributed by atoms with Crippen molar-refractivity contribution in [2.45, 2.75) is 38.1 Å². The van der Waals surface area contributed by atoms with Crippen LogP contribution in [0.3, 0.4) is 0 Å². The number of ether oxygens (including phenoxy) is 1. The number of rotatable bonds is 6. The molecule has 1 saturated heterocycles. The van der Waals surface area contributed by atoms with Gasteiger partial charge in [-0.3, -0.25) is 4.79 Å². The van der Waals surface area contributed by atoms with E-state index in [-0.39, 0.29) is 24.4 Å². The summed E-state index contributed by atoms with van der Waals surface area (Å²) in [4.78, 5) is 14.2. The number of amides is 1. The third-order valence-corrected chi connectivity index (χ3v) is 4.44. The molecule has 1 aliphatic heterocycles. The molecule has 130 valence electrons. The molecular weight excluding hydrogens is 359 g/mol. The second-order valence-electron chi connectivity index (χ2n) is 5.50. The van der Waals surface area contributed by atoms with Gasteiger partial charge in [0.1, 0.15) is 5.75 Å². The predicted molar refractivity (Wildman–Crippen MR) is 96.8 cm³/mol. The highest BCUT2D eigenvalue weighted by Gasteiger charge is 2.24. The van der Waals surface area contributed by atoms with Crippen molar-refractivity contribution in [3.05, 3.63) is 28.2 Å². The molecule has 1 heterocycles. The monoisotopic (exact) mass is 380 g/mol. The number of nitrogens with zero attached hydrogens (tertiary/aromatic N) is 1. The lowest BCUT2D eigenvalue weighted by Crippen LogP contribution is -2.47. The van der Waals surface area contributed by atoms with Crippen LogP contribution in [0.2, 0.25) is 10.0 Å². The van der Waals surface area contributed by atoms with Gasteiger partial charge in [0.05, 0.1) is 11.6 Å². The maximum Gasteiger partial charge on any atom is 0.222 e. The van der Waals surface area contributed by atoms with E-state index in [1.165, 1.54) is 0 Å². The van der Waals surface area contributed by atoms with Crippen molar-refractivity contribution in [1.82, 2.24) is 4.90 Å². The molecule has 0 saturated carbocycles. The number of hydrogen-bond acceptors (Lipinski definition) is 3. The molecule has 1 aliphatic rings. The van der Waals surface area contributed by atoms with Gasteiger partial charge < -0.3 is 15.4 Å². The van der Waals surface area contributed by atoms with E-state index in [4.69, 9.17) is 33.7 Å². The minimum absolute atomic E-state index is 0. The van der Waals surface area contributed by atoms with Gasteiger partial charge in [0.25, 0.3) is 0 Å². The molecule has 0 aliphatic carbocycles. The lowest BCUT2D eigenvalue weighted by Gasteiger charge is -2.35. The predicted octanol–water partition coefficient (Wildman–Crippen LogP) is 3.91. The van der Waals surface area contributed by atoms with E-state index in [0.717, 1.165) is 25.8 Å². The summed E-state index contributed by atoms with van der Waals surface area (Å²) in [6.07, 6.45) is 4.37. The van der Waals surface area contributed by atoms with E-state index in [9.17, 15) is 4.79 Å². The summed E-state index contributed by atoms with van der Waals surface area (Å²) in [5.41, 5.74) is 5.75. The van der Waals surface area contributed by atoms with Crippen molar-refractivity contribution in [1.29, 1.82) is 0 Å². The van der Waals surface area contributed by atoms with Crippen LogP contribution in [0.4, 0.5) is 0 Å². The molecule has 1 amide bonds. The highest BCUT2D eigenvalue weighted by atomic mass is 35.5. The Hall–Kier alpha value is -0.680. The lowest BCUT2D eigenvalue weighted by atomic mass is 10.0. The molecule has 1 atom stereocenters. The number of carbonyl (C=O) groups is 1. The highest BCUT2D eigenvalue weighted by molar-refractivity contribution is 6.35. The van der Waals surface area contributed by atoms with Crippen molar-refractivity contribution in [3.63, 3.8) is 0 Å². The molecule has 0 spiro atoms. The van der Waals surface area contributed by atoms with E-state index >= 15 is 0 Å². The summed E-state index contributed by atoms with van der Waals surface area (Å²) >= 11 is 11.9. The van der Waals surface area contributed by atoms with Gasteiger partial charge in [-0.25, -0.2) is 0 Å². The minimum Gasteiger partial charge on any atom is -0.492 e. The van der Waals surface area contributed by atoms with Crippen molar-refractivity contribution >= 4 is 41.5 Å². The SMILES string of the molecule is Cl.NCC1CCCCN1C(=O)CCCOc1ccc(Cl)cc1Cl. The Balaban J connectivity index is 0.00000264. The van der Waals surface area contributed by atoms with Gasteiger partial charge in [0.2, 0.25) is 5.91 Å². The van der Waals surface area contributed by atoms with Crippen LogP contribution in [0.5, 0.6) is 5.75 Å². The Morgan fingerprint density at radius 1 is 1.35 bits per heavy atom. The quantitative estimate of drug-likeness (QED) is 0.760. The summed E-state index contributed by atoms with van der Waals surface area (Å²) < 4.78 is 5.60. The average molecular weight is 382 g/mol. The van der Waals surface area contributed by atoms with Gasteiger partial charge in [0.15, 0.2) is 0 Å². The normalized spacial score (nSPS) is 17.5. The zero-order valence-corrected chi connectivity index (χ0v) is 15.3. The van der Waals surface area contributed by atoms with Gasteiger partial charge in [0, 0.05) is 30.6 Å². The van der Waals surface area contributed by atoms with Gasteiger partial charge >= 0.3 is 0 Å². The van der Waals surface area contributed by atoms with E-state index in [1.807, 2.05) is 4.90 Å². The Morgan fingerprint density at radius 3 is 2.83 bits per heavy atom. The molecule has 2 rings (SSSR count). The number of benzene rings is 1. The first-order valence-corrected chi connectivity index (χ1v) is 8.45. The van der Waals surface area contributed by atoms with Gasteiger partial charge in [-0.1, -0.05) is 23.2 Å². The topological polar surface area (TPSA) is 55.6 Å². The van der Waals surface area contributed by atoms with Crippen LogP contribution in [-0.2, 0) is 4.79 Å². The number of carbonyl (C=O) groups excluding carboxylic acids is 1. The fraction of sp³-hybridized carbons (Fsp3) is 0.562. The highest BCUT2D eigenvalue weighted by Crippen LogP contribution is 2.27. The van der Waals surface area contributed by atoms with Gasteiger partial charge in [-0.15, -0.1) is 12.4 Å². The van der Waals surface area contributed by atoms with E-state index < -0.39 is 0 Å². The second-order valence-corrected chi connectivity index (χ2v) is 6.34. The first kappa shape index (κ1) is 20.4. The number of halogens is 3. The molecule has 4 nitrogen and oxygen atoms in total. The molecule has 2 N–H and O–H groups in total. The van der Waals surface area contributed by atoms with Crippen LogP contribution in [0.1, 0.15) is 32.1 Å². The Kier molecular flexibility index (Phi) is 9.07. The van der Waals surface area contributed by atoms with Crippen LogP contribution in [-0.4, -0.2) is 36.5 Å². The molecule has 0 bridgehead atoms. The summed E-state index contributed by atoms with van der Waals surface area (Å²) in [5.74, 6) is 0.761. The zero-order chi connectivity index (χ0) is 15.9. The van der Waals surface area contributed by atoms with Gasteiger partial charge in [-0.2, -0.15) is 0 Å². The molecule has 1 aromatic rings. The largest absolute Gasteiger partial charge is 0.492 e. The fourth-order valence-corrected chi connectivity index (χ4v) is 3.18. The van der Waals surface area contributed by atoms with Crippen molar-refractivity contribution in [2.75, 3.05) is 19.7 Å². The second kappa shape index (κ2) is 10.2. The first-order chi connectivity index (χ1) is 10.6. The van der Waals surface area contributed by atoms with Crippen LogP contribution in [0.25, 0.3) is 0 Å². The zero-order valence-electron chi connectivity index (χ0n) is 13.0. The van der Waals surface area contributed by atoms with Crippen LogP contribution in [0.15, 0.2) is 18.2 Å². The van der Waals surface area contributed by atoms with E-state index in [0.29, 0.717) is 41.8 Å². The number of hydrogen-bond donors (Lipinski definition) is 1. The van der Waals surface area contributed by atoms with Crippen molar-refractivity contribution in [2.24, 2.45) is 5.73 Å². The standard InChI is InChI=1S/C16H22Cl2N2O2.ClH/c17-12-6-7-15(14(18)10-12)22-9-3-5-16(21)20-8-2-1-4-13(20)11-19;/h6-7,10,13H,1-5,8-9,11,19H2;1H. The molecule has 0 aromatic heterocycles. The summed E-state index contributed by atoms with van der Waals surface area (Å²) in [7, 11) is 0. The summed E-state index contributed by atoms with van der Waals surface area (Å²) in [5, 5.41) is 1.06. The molecule has 1 aromatic carbocycles. The Labute approximate surface area is 153 Å². The smallest absolute Gasteiger partial charge is 0.222 e. The molecule has 1 unspecified atom stereocenters. The number of nitrogens with two attached hydrogens (primary N) is 1. The third kappa shape index (κ3) is 6.03. The van der Waals surface area contributed by atoms with Crippen LogP contribution >= 0.6 is 35.6 Å². The number of likely N-dealkylation sites (tertiary alicyclic amines) is 1. The van der Waals surface area contributed by atoms with Crippen molar-refractivity contribution < 1.29 is 9.53 Å². The Bertz CT molecular complexity index is 514. The third-order valence-electron chi connectivity index (χ3n) is 3.91. The Morgan fingerprint density at radius 2 is 2.13 bits per heavy atom. The number of piperidine rings is 1. The maximum atomic E-state index is 12.3. The van der Waals surface area contributed by atoms with Crippen LogP contribution in [0, 0.1) is 0 Å². The molecule has 7 heteroatoms. The van der Waals surface area contributed by atoms with E-state index in [1.54, 1.807) is 18.2 Å². The average Bonchev–Trinajstić information content (AvgIpc) is 2.53.